The fourth-order valence-electron chi connectivity index (χ4n) is 3.76. The number of likely N-dealkylation sites (tertiary alicyclic amines) is 1. The molecule has 0 bridgehead atoms. The van der Waals surface area contributed by atoms with E-state index < -0.39 is 0 Å². The molecule has 8 heteroatoms. The summed E-state index contributed by atoms with van der Waals surface area (Å²) in [4.78, 5) is 35.5. The third-order valence-corrected chi connectivity index (χ3v) is 5.48. The molecule has 0 N–H and O–H groups in total. The van der Waals surface area contributed by atoms with Gasteiger partial charge in [0.15, 0.2) is 0 Å². The molecule has 29 heavy (non-hydrogen) atoms. The molecule has 1 fully saturated rings. The maximum Gasteiger partial charge on any atom is 0.270 e. The van der Waals surface area contributed by atoms with Crippen molar-refractivity contribution in [2.45, 2.75) is 25.9 Å². The number of aryl methyl sites for hydroxylation is 1. The SMILES string of the molecule is Cn1nccc(CN2CCC(Cn3cnc(-c4cccnc4)cc3=O)CC2)c1=O. The molecule has 0 aromatic carbocycles. The van der Waals surface area contributed by atoms with Gasteiger partial charge in [0.05, 0.1) is 12.0 Å². The third kappa shape index (κ3) is 4.48. The van der Waals surface area contributed by atoms with Crippen molar-refractivity contribution < 1.29 is 0 Å². The van der Waals surface area contributed by atoms with Gasteiger partial charge in [-0.2, -0.15) is 5.10 Å². The summed E-state index contributed by atoms with van der Waals surface area (Å²) in [6.45, 7) is 3.13. The molecule has 0 unspecified atom stereocenters. The van der Waals surface area contributed by atoms with Gasteiger partial charge in [0.25, 0.3) is 11.1 Å². The van der Waals surface area contributed by atoms with E-state index in [1.54, 1.807) is 48.7 Å². The van der Waals surface area contributed by atoms with E-state index in [0.29, 0.717) is 24.7 Å². The summed E-state index contributed by atoms with van der Waals surface area (Å²) >= 11 is 0. The van der Waals surface area contributed by atoms with E-state index in [2.05, 4.69) is 20.0 Å². The van der Waals surface area contributed by atoms with Crippen LogP contribution in [0.5, 0.6) is 0 Å². The lowest BCUT2D eigenvalue weighted by Gasteiger charge is -2.32. The summed E-state index contributed by atoms with van der Waals surface area (Å²) in [5, 5.41) is 3.97. The second-order valence-electron chi connectivity index (χ2n) is 7.51. The largest absolute Gasteiger partial charge is 0.299 e. The van der Waals surface area contributed by atoms with Crippen LogP contribution in [0.3, 0.4) is 0 Å². The summed E-state index contributed by atoms with van der Waals surface area (Å²) in [5.74, 6) is 0.426. The number of piperidine rings is 1. The Hall–Kier alpha value is -3.13. The van der Waals surface area contributed by atoms with Crippen LogP contribution in [0, 0.1) is 5.92 Å². The molecule has 8 nitrogen and oxygen atoms in total. The Labute approximate surface area is 168 Å². The van der Waals surface area contributed by atoms with E-state index in [9.17, 15) is 9.59 Å². The average molecular weight is 392 g/mol. The van der Waals surface area contributed by atoms with Crippen LogP contribution in [-0.2, 0) is 20.1 Å². The van der Waals surface area contributed by atoms with Crippen molar-refractivity contribution in [3.05, 3.63) is 75.5 Å². The smallest absolute Gasteiger partial charge is 0.270 e. The summed E-state index contributed by atoms with van der Waals surface area (Å²) in [6, 6.07) is 7.10. The van der Waals surface area contributed by atoms with Crippen molar-refractivity contribution in [2.24, 2.45) is 13.0 Å². The Morgan fingerprint density at radius 3 is 2.69 bits per heavy atom. The van der Waals surface area contributed by atoms with Crippen LogP contribution < -0.4 is 11.1 Å². The molecule has 4 rings (SSSR count). The summed E-state index contributed by atoms with van der Waals surface area (Å²) in [5.41, 5.74) is 2.18. The number of pyridine rings is 1. The molecule has 0 atom stereocenters. The molecular formula is C21H24N6O2. The standard InChI is InChI=1S/C21H24N6O2/c1-25-21(29)18(4-8-24-25)14-26-9-5-16(6-10-26)13-27-15-23-19(11-20(27)28)17-3-2-7-22-12-17/h2-4,7-8,11-12,15-16H,5-6,9-10,13-14H2,1H3. The van der Waals surface area contributed by atoms with Gasteiger partial charge in [0.1, 0.15) is 0 Å². The predicted octanol–water partition coefficient (Wildman–Crippen LogP) is 1.31. The van der Waals surface area contributed by atoms with E-state index in [4.69, 9.17) is 0 Å². The minimum Gasteiger partial charge on any atom is -0.299 e. The molecule has 0 aliphatic carbocycles. The van der Waals surface area contributed by atoms with Gasteiger partial charge in [0, 0.05) is 55.9 Å². The molecule has 4 heterocycles. The Morgan fingerprint density at radius 2 is 1.97 bits per heavy atom. The number of hydrogen-bond acceptors (Lipinski definition) is 6. The number of nitrogens with zero attached hydrogens (tertiary/aromatic N) is 6. The number of hydrogen-bond donors (Lipinski definition) is 0. The van der Waals surface area contributed by atoms with E-state index in [1.807, 2.05) is 12.1 Å². The van der Waals surface area contributed by atoms with Gasteiger partial charge < -0.3 is 0 Å². The first-order valence-electron chi connectivity index (χ1n) is 9.80. The summed E-state index contributed by atoms with van der Waals surface area (Å²) in [6.07, 6.45) is 8.68. The van der Waals surface area contributed by atoms with Crippen molar-refractivity contribution in [3.8, 4) is 11.3 Å². The molecule has 0 spiro atoms. The van der Waals surface area contributed by atoms with Crippen molar-refractivity contribution >= 4 is 0 Å². The summed E-state index contributed by atoms with van der Waals surface area (Å²) in [7, 11) is 1.67. The Bertz CT molecular complexity index is 1080. The molecule has 3 aromatic rings. The molecular weight excluding hydrogens is 368 g/mol. The van der Waals surface area contributed by atoms with E-state index in [1.165, 1.54) is 4.68 Å². The van der Waals surface area contributed by atoms with Crippen LogP contribution in [0.15, 0.2) is 58.8 Å². The Morgan fingerprint density at radius 1 is 1.14 bits per heavy atom. The second-order valence-corrected chi connectivity index (χ2v) is 7.51. The van der Waals surface area contributed by atoms with Gasteiger partial charge in [-0.1, -0.05) is 0 Å². The minimum atomic E-state index is -0.0408. The predicted molar refractivity (Wildman–Crippen MR) is 109 cm³/mol. The molecule has 0 radical (unpaired) electrons. The highest BCUT2D eigenvalue weighted by molar-refractivity contribution is 5.56. The second kappa shape index (κ2) is 8.48. The first-order chi connectivity index (χ1) is 14.1. The van der Waals surface area contributed by atoms with Gasteiger partial charge in [0.2, 0.25) is 0 Å². The highest BCUT2D eigenvalue weighted by atomic mass is 16.1. The molecule has 0 saturated carbocycles. The van der Waals surface area contributed by atoms with Crippen LogP contribution in [0.4, 0.5) is 0 Å². The normalized spacial score (nSPS) is 15.5. The highest BCUT2D eigenvalue weighted by Gasteiger charge is 2.21. The average Bonchev–Trinajstić information content (AvgIpc) is 2.75. The van der Waals surface area contributed by atoms with Crippen LogP contribution in [-0.4, -0.2) is 42.3 Å². The quantitative estimate of drug-likeness (QED) is 0.651. The zero-order chi connectivity index (χ0) is 20.2. The fourth-order valence-corrected chi connectivity index (χ4v) is 3.76. The molecule has 150 valence electrons. The molecule has 1 aliphatic rings. The molecule has 0 amide bonds. The maximum atomic E-state index is 12.5. The number of rotatable bonds is 5. The lowest BCUT2D eigenvalue weighted by molar-refractivity contribution is 0.165. The maximum absolute atomic E-state index is 12.5. The first kappa shape index (κ1) is 19.2. The van der Waals surface area contributed by atoms with Crippen LogP contribution in [0.1, 0.15) is 18.4 Å². The van der Waals surface area contributed by atoms with Gasteiger partial charge >= 0.3 is 0 Å². The Kier molecular flexibility index (Phi) is 5.62. The fraction of sp³-hybridized carbons (Fsp3) is 0.381. The van der Waals surface area contributed by atoms with Gasteiger partial charge in [-0.05, 0) is 50.0 Å². The van der Waals surface area contributed by atoms with Crippen LogP contribution >= 0.6 is 0 Å². The van der Waals surface area contributed by atoms with E-state index in [-0.39, 0.29) is 11.1 Å². The lowest BCUT2D eigenvalue weighted by atomic mass is 9.96. The monoisotopic (exact) mass is 392 g/mol. The van der Waals surface area contributed by atoms with Gasteiger partial charge in [-0.15, -0.1) is 0 Å². The van der Waals surface area contributed by atoms with Crippen molar-refractivity contribution in [1.29, 1.82) is 0 Å². The molecule has 1 saturated heterocycles. The van der Waals surface area contributed by atoms with Gasteiger partial charge in [-0.25, -0.2) is 9.67 Å². The van der Waals surface area contributed by atoms with Crippen LogP contribution in [0.25, 0.3) is 11.3 Å². The van der Waals surface area contributed by atoms with Crippen molar-refractivity contribution in [3.63, 3.8) is 0 Å². The van der Waals surface area contributed by atoms with Gasteiger partial charge in [-0.3, -0.25) is 24.0 Å². The minimum absolute atomic E-state index is 0.0402. The number of aromatic nitrogens is 5. The van der Waals surface area contributed by atoms with E-state index >= 15 is 0 Å². The zero-order valence-corrected chi connectivity index (χ0v) is 16.4. The van der Waals surface area contributed by atoms with Crippen LogP contribution in [0.2, 0.25) is 0 Å². The zero-order valence-electron chi connectivity index (χ0n) is 16.4. The third-order valence-electron chi connectivity index (χ3n) is 5.48. The molecule has 3 aromatic heterocycles. The first-order valence-corrected chi connectivity index (χ1v) is 9.80. The van der Waals surface area contributed by atoms with E-state index in [0.717, 1.165) is 37.1 Å². The van der Waals surface area contributed by atoms with Crippen molar-refractivity contribution in [2.75, 3.05) is 13.1 Å². The Balaban J connectivity index is 1.36. The van der Waals surface area contributed by atoms with Crippen molar-refractivity contribution in [1.82, 2.24) is 29.2 Å². The topological polar surface area (TPSA) is 85.9 Å². The molecule has 1 aliphatic heterocycles. The lowest BCUT2D eigenvalue weighted by Crippen LogP contribution is -2.37. The summed E-state index contributed by atoms with van der Waals surface area (Å²) < 4.78 is 3.06. The highest BCUT2D eigenvalue weighted by Crippen LogP contribution is 2.20.